The van der Waals surface area contributed by atoms with Crippen LogP contribution < -0.4 is 0 Å². The van der Waals surface area contributed by atoms with Gasteiger partial charge in [0.1, 0.15) is 0 Å². The predicted molar refractivity (Wildman–Crippen MR) is 93.9 cm³/mol. The zero-order valence-electron chi connectivity index (χ0n) is 14.5. The van der Waals surface area contributed by atoms with E-state index in [1.165, 1.54) is 63.8 Å². The smallest absolute Gasteiger partial charge is 0.173 e. The monoisotopic (exact) mass is 302 g/mol. The SMILES string of the molecule is CCCCCCCCCCC[Si](C)(C)O[Si](C)(C)C. The molecule has 0 radical (unpaired) electrons. The van der Waals surface area contributed by atoms with Crippen LogP contribution >= 0.6 is 0 Å². The molecule has 0 fully saturated rings. The van der Waals surface area contributed by atoms with Gasteiger partial charge >= 0.3 is 0 Å². The molecule has 0 heterocycles. The molecular formula is C16H38OSi2. The van der Waals surface area contributed by atoms with E-state index in [4.69, 9.17) is 4.12 Å². The first-order valence-electron chi connectivity index (χ1n) is 8.47. The number of hydrogen-bond donors (Lipinski definition) is 0. The predicted octanol–water partition coefficient (Wildman–Crippen LogP) is 6.57. The average molecular weight is 303 g/mol. The molecule has 0 aliphatic rings. The van der Waals surface area contributed by atoms with Gasteiger partial charge in [-0.1, -0.05) is 64.7 Å². The van der Waals surface area contributed by atoms with E-state index in [0.29, 0.717) is 0 Å². The Bertz CT molecular complexity index is 209. The van der Waals surface area contributed by atoms with Crippen molar-refractivity contribution in [2.45, 2.75) is 103 Å². The quantitative estimate of drug-likeness (QED) is 0.292. The minimum absolute atomic E-state index is 1.32. The van der Waals surface area contributed by atoms with Gasteiger partial charge in [0.2, 0.25) is 0 Å². The minimum Gasteiger partial charge on any atom is -0.456 e. The van der Waals surface area contributed by atoms with Gasteiger partial charge in [-0.15, -0.1) is 0 Å². The Morgan fingerprint density at radius 1 is 0.632 bits per heavy atom. The van der Waals surface area contributed by atoms with Crippen molar-refractivity contribution >= 4 is 16.6 Å². The fraction of sp³-hybridized carbons (Fsp3) is 1.00. The summed E-state index contributed by atoms with van der Waals surface area (Å²) in [4.78, 5) is 0. The molecule has 0 unspecified atom stereocenters. The standard InChI is InChI=1S/C16H38OSi2/c1-7-8-9-10-11-12-13-14-15-16-19(5,6)17-18(2,3)4/h7-16H2,1-6H3. The largest absolute Gasteiger partial charge is 0.456 e. The van der Waals surface area contributed by atoms with Crippen LogP contribution in [0.1, 0.15) is 64.7 Å². The molecule has 1 nitrogen and oxygen atoms in total. The number of unbranched alkanes of at least 4 members (excludes halogenated alkanes) is 8. The van der Waals surface area contributed by atoms with Crippen LogP contribution in [0.5, 0.6) is 0 Å². The topological polar surface area (TPSA) is 9.23 Å². The van der Waals surface area contributed by atoms with Crippen molar-refractivity contribution < 1.29 is 4.12 Å². The highest BCUT2D eigenvalue weighted by molar-refractivity contribution is 6.84. The summed E-state index contributed by atoms with van der Waals surface area (Å²) in [6, 6.07) is 1.35. The van der Waals surface area contributed by atoms with E-state index in [1.54, 1.807) is 0 Å². The van der Waals surface area contributed by atoms with Crippen LogP contribution in [0.25, 0.3) is 0 Å². The molecule has 0 saturated heterocycles. The average Bonchev–Trinajstić information content (AvgIpc) is 2.23. The number of hydrogen-bond acceptors (Lipinski definition) is 1. The summed E-state index contributed by atoms with van der Waals surface area (Å²) < 4.78 is 6.37. The summed E-state index contributed by atoms with van der Waals surface area (Å²) in [6.45, 7) is 14.0. The highest BCUT2D eigenvalue weighted by Gasteiger charge is 2.28. The summed E-state index contributed by atoms with van der Waals surface area (Å²) >= 11 is 0. The van der Waals surface area contributed by atoms with E-state index in [2.05, 4.69) is 39.7 Å². The summed E-state index contributed by atoms with van der Waals surface area (Å²) in [6.07, 6.45) is 12.8. The van der Waals surface area contributed by atoms with Gasteiger partial charge in [0, 0.05) is 0 Å². The van der Waals surface area contributed by atoms with Crippen molar-refractivity contribution in [1.82, 2.24) is 0 Å². The van der Waals surface area contributed by atoms with Crippen molar-refractivity contribution in [2.75, 3.05) is 0 Å². The first-order valence-corrected chi connectivity index (χ1v) is 15.0. The van der Waals surface area contributed by atoms with E-state index in [0.717, 1.165) is 0 Å². The molecule has 0 aromatic carbocycles. The molecule has 0 amide bonds. The first-order chi connectivity index (χ1) is 8.77. The molecule has 3 heteroatoms. The highest BCUT2D eigenvalue weighted by Crippen LogP contribution is 2.21. The van der Waals surface area contributed by atoms with E-state index in [1.807, 2.05) is 0 Å². The van der Waals surface area contributed by atoms with E-state index < -0.39 is 16.6 Å². The fourth-order valence-corrected chi connectivity index (χ4v) is 10.9. The summed E-state index contributed by atoms with van der Waals surface area (Å²) in [5, 5.41) is 0. The third kappa shape index (κ3) is 14.6. The molecule has 0 aromatic heterocycles. The van der Waals surface area contributed by atoms with Crippen LogP contribution in [0.2, 0.25) is 38.8 Å². The van der Waals surface area contributed by atoms with Crippen LogP contribution in [-0.2, 0) is 4.12 Å². The fourth-order valence-electron chi connectivity index (χ4n) is 2.74. The van der Waals surface area contributed by atoms with E-state index in [9.17, 15) is 0 Å². The molecule has 0 bridgehead atoms. The van der Waals surface area contributed by atoms with Crippen LogP contribution in [-0.4, -0.2) is 16.6 Å². The maximum atomic E-state index is 6.37. The molecule has 0 N–H and O–H groups in total. The zero-order valence-corrected chi connectivity index (χ0v) is 16.5. The Kier molecular flexibility index (Phi) is 10.4. The first kappa shape index (κ1) is 19.4. The van der Waals surface area contributed by atoms with Gasteiger partial charge in [-0.2, -0.15) is 0 Å². The Morgan fingerprint density at radius 2 is 1.05 bits per heavy atom. The molecular weight excluding hydrogens is 264 g/mol. The van der Waals surface area contributed by atoms with Crippen LogP contribution in [0.4, 0.5) is 0 Å². The maximum Gasteiger partial charge on any atom is 0.173 e. The maximum absolute atomic E-state index is 6.37. The van der Waals surface area contributed by atoms with E-state index >= 15 is 0 Å². The van der Waals surface area contributed by atoms with Crippen molar-refractivity contribution in [3.63, 3.8) is 0 Å². The lowest BCUT2D eigenvalue weighted by atomic mass is 10.1. The number of rotatable bonds is 12. The van der Waals surface area contributed by atoms with Gasteiger partial charge in [-0.25, -0.2) is 0 Å². The van der Waals surface area contributed by atoms with Crippen LogP contribution in [0.15, 0.2) is 0 Å². The lowest BCUT2D eigenvalue weighted by Gasteiger charge is -2.31. The highest BCUT2D eigenvalue weighted by atomic mass is 28.4. The third-order valence-electron chi connectivity index (χ3n) is 3.46. The van der Waals surface area contributed by atoms with Crippen molar-refractivity contribution in [1.29, 1.82) is 0 Å². The van der Waals surface area contributed by atoms with E-state index in [-0.39, 0.29) is 0 Å². The molecule has 0 aliphatic carbocycles. The van der Waals surface area contributed by atoms with Gasteiger partial charge < -0.3 is 4.12 Å². The molecule has 0 aromatic rings. The van der Waals surface area contributed by atoms with Crippen molar-refractivity contribution in [2.24, 2.45) is 0 Å². The summed E-state index contributed by atoms with van der Waals surface area (Å²) in [5.74, 6) is 0. The lowest BCUT2D eigenvalue weighted by molar-refractivity contribution is 0.532. The molecule has 19 heavy (non-hydrogen) atoms. The van der Waals surface area contributed by atoms with Crippen molar-refractivity contribution in [3.05, 3.63) is 0 Å². The molecule has 0 spiro atoms. The summed E-state index contributed by atoms with van der Waals surface area (Å²) in [7, 11) is -2.69. The van der Waals surface area contributed by atoms with Crippen LogP contribution in [0, 0.1) is 0 Å². The molecule has 0 rings (SSSR count). The second kappa shape index (κ2) is 10.2. The Balaban J connectivity index is 3.43. The zero-order chi connectivity index (χ0) is 14.8. The second-order valence-corrected chi connectivity index (χ2v) is 16.6. The Morgan fingerprint density at radius 3 is 1.47 bits per heavy atom. The Labute approximate surface area is 124 Å². The molecule has 0 saturated carbocycles. The van der Waals surface area contributed by atoms with Gasteiger partial charge in [-0.3, -0.25) is 0 Å². The molecule has 0 aliphatic heterocycles. The second-order valence-electron chi connectivity index (χ2n) is 7.55. The van der Waals surface area contributed by atoms with Gasteiger partial charge in [0.25, 0.3) is 0 Å². The van der Waals surface area contributed by atoms with Gasteiger partial charge in [-0.05, 0) is 38.8 Å². The third-order valence-corrected chi connectivity index (χ3v) is 9.68. The minimum atomic E-state index is -1.36. The van der Waals surface area contributed by atoms with Crippen molar-refractivity contribution in [3.8, 4) is 0 Å². The van der Waals surface area contributed by atoms with Gasteiger partial charge in [0.15, 0.2) is 16.6 Å². The Hall–Kier alpha value is 0.394. The molecule has 116 valence electrons. The summed E-state index contributed by atoms with van der Waals surface area (Å²) in [5.41, 5.74) is 0. The molecule has 0 atom stereocenters. The van der Waals surface area contributed by atoms with Crippen LogP contribution in [0.3, 0.4) is 0 Å². The lowest BCUT2D eigenvalue weighted by Crippen LogP contribution is -2.42. The van der Waals surface area contributed by atoms with Gasteiger partial charge in [0.05, 0.1) is 0 Å². The normalized spacial score (nSPS) is 12.9.